The SMILES string of the molecule is CC1(CNc2ncc(I)cn2)CCC1. The quantitative estimate of drug-likeness (QED) is 0.873. The van der Waals surface area contributed by atoms with Crippen LogP contribution in [0.15, 0.2) is 12.4 Å². The summed E-state index contributed by atoms with van der Waals surface area (Å²) in [4.78, 5) is 8.42. The molecule has 3 nitrogen and oxygen atoms in total. The molecule has 0 saturated heterocycles. The first kappa shape index (κ1) is 10.1. The molecular weight excluding hydrogens is 289 g/mol. The Balaban J connectivity index is 1.88. The maximum Gasteiger partial charge on any atom is 0.222 e. The fourth-order valence-electron chi connectivity index (χ4n) is 1.65. The van der Waals surface area contributed by atoms with Crippen molar-refractivity contribution in [2.75, 3.05) is 11.9 Å². The minimum absolute atomic E-state index is 0.479. The van der Waals surface area contributed by atoms with Crippen molar-refractivity contribution in [1.29, 1.82) is 0 Å². The first-order valence-corrected chi connectivity index (χ1v) is 5.97. The molecule has 0 spiro atoms. The molecule has 0 aromatic carbocycles. The lowest BCUT2D eigenvalue weighted by Gasteiger charge is -2.38. The van der Waals surface area contributed by atoms with E-state index in [0.29, 0.717) is 5.41 Å². The third kappa shape index (κ3) is 2.34. The third-order valence-corrected chi connectivity index (χ3v) is 3.41. The maximum absolute atomic E-state index is 4.21. The van der Waals surface area contributed by atoms with E-state index in [-0.39, 0.29) is 0 Å². The molecule has 2 rings (SSSR count). The minimum Gasteiger partial charge on any atom is -0.354 e. The summed E-state index contributed by atoms with van der Waals surface area (Å²) in [6.07, 6.45) is 7.68. The van der Waals surface area contributed by atoms with Gasteiger partial charge in [0.15, 0.2) is 0 Å². The van der Waals surface area contributed by atoms with Gasteiger partial charge in [-0.1, -0.05) is 13.3 Å². The molecule has 1 aromatic rings. The topological polar surface area (TPSA) is 37.8 Å². The summed E-state index contributed by atoms with van der Waals surface area (Å²) in [7, 11) is 0. The molecule has 1 aliphatic carbocycles. The highest BCUT2D eigenvalue weighted by Crippen LogP contribution is 2.39. The summed E-state index contributed by atoms with van der Waals surface area (Å²) in [6.45, 7) is 3.31. The molecule has 0 bridgehead atoms. The van der Waals surface area contributed by atoms with E-state index in [9.17, 15) is 0 Å². The van der Waals surface area contributed by atoms with Crippen LogP contribution in [0.5, 0.6) is 0 Å². The molecule has 1 fully saturated rings. The Labute approximate surface area is 97.9 Å². The van der Waals surface area contributed by atoms with Gasteiger partial charge in [-0.25, -0.2) is 9.97 Å². The first-order chi connectivity index (χ1) is 6.68. The van der Waals surface area contributed by atoms with Crippen molar-refractivity contribution in [3.8, 4) is 0 Å². The second-order valence-corrected chi connectivity index (χ2v) is 5.49. The van der Waals surface area contributed by atoms with Crippen molar-refractivity contribution < 1.29 is 0 Å². The molecule has 0 unspecified atom stereocenters. The van der Waals surface area contributed by atoms with Crippen molar-refractivity contribution in [3.05, 3.63) is 16.0 Å². The van der Waals surface area contributed by atoms with Gasteiger partial charge in [-0.15, -0.1) is 0 Å². The molecule has 0 atom stereocenters. The highest BCUT2D eigenvalue weighted by Gasteiger charge is 2.31. The van der Waals surface area contributed by atoms with E-state index >= 15 is 0 Å². The minimum atomic E-state index is 0.479. The Morgan fingerprint density at radius 3 is 2.57 bits per heavy atom. The number of nitrogens with one attached hydrogen (secondary N) is 1. The summed E-state index contributed by atoms with van der Waals surface area (Å²) in [5.74, 6) is 0.749. The van der Waals surface area contributed by atoms with Crippen LogP contribution in [0.1, 0.15) is 26.2 Å². The van der Waals surface area contributed by atoms with Gasteiger partial charge in [-0.2, -0.15) is 0 Å². The van der Waals surface area contributed by atoms with Crippen molar-refractivity contribution in [2.24, 2.45) is 5.41 Å². The Hall–Kier alpha value is -0.390. The smallest absolute Gasteiger partial charge is 0.222 e. The molecule has 1 aliphatic rings. The molecule has 0 radical (unpaired) electrons. The summed E-state index contributed by atoms with van der Waals surface area (Å²) in [5.41, 5.74) is 0.479. The molecule has 4 heteroatoms. The van der Waals surface area contributed by atoms with E-state index in [1.54, 1.807) is 0 Å². The van der Waals surface area contributed by atoms with Crippen LogP contribution in [0.2, 0.25) is 0 Å². The van der Waals surface area contributed by atoms with E-state index in [1.807, 2.05) is 12.4 Å². The van der Waals surface area contributed by atoms with Crippen molar-refractivity contribution >= 4 is 28.5 Å². The zero-order valence-corrected chi connectivity index (χ0v) is 10.4. The largest absolute Gasteiger partial charge is 0.354 e. The Morgan fingerprint density at radius 2 is 2.07 bits per heavy atom. The average Bonchev–Trinajstić information content (AvgIpc) is 2.14. The van der Waals surface area contributed by atoms with Gasteiger partial charge in [-0.05, 0) is 40.8 Å². The molecular formula is C10H14IN3. The van der Waals surface area contributed by atoms with Gasteiger partial charge in [0.2, 0.25) is 5.95 Å². The Kier molecular flexibility index (Phi) is 2.90. The highest BCUT2D eigenvalue weighted by molar-refractivity contribution is 14.1. The molecule has 76 valence electrons. The van der Waals surface area contributed by atoms with Crippen LogP contribution in [-0.2, 0) is 0 Å². The van der Waals surface area contributed by atoms with Gasteiger partial charge in [0.1, 0.15) is 0 Å². The van der Waals surface area contributed by atoms with E-state index < -0.39 is 0 Å². The monoisotopic (exact) mass is 303 g/mol. The molecule has 0 aliphatic heterocycles. The number of anilines is 1. The van der Waals surface area contributed by atoms with E-state index in [0.717, 1.165) is 16.1 Å². The lowest BCUT2D eigenvalue weighted by atomic mass is 9.70. The van der Waals surface area contributed by atoms with Crippen molar-refractivity contribution in [1.82, 2.24) is 9.97 Å². The number of aromatic nitrogens is 2. The zero-order chi connectivity index (χ0) is 10.0. The van der Waals surface area contributed by atoms with Gasteiger partial charge in [-0.3, -0.25) is 0 Å². The fourth-order valence-corrected chi connectivity index (χ4v) is 1.93. The lowest BCUT2D eigenvalue weighted by molar-refractivity contribution is 0.179. The van der Waals surface area contributed by atoms with Crippen molar-refractivity contribution in [3.63, 3.8) is 0 Å². The van der Waals surface area contributed by atoms with Crippen LogP contribution in [0.4, 0.5) is 5.95 Å². The van der Waals surface area contributed by atoms with E-state index in [2.05, 4.69) is 44.8 Å². The third-order valence-electron chi connectivity index (χ3n) is 2.85. The number of hydrogen-bond acceptors (Lipinski definition) is 3. The molecule has 0 amide bonds. The normalized spacial score (nSPS) is 18.7. The Morgan fingerprint density at radius 1 is 1.43 bits per heavy atom. The molecule has 1 aromatic heterocycles. The van der Waals surface area contributed by atoms with Gasteiger partial charge >= 0.3 is 0 Å². The number of rotatable bonds is 3. The van der Waals surface area contributed by atoms with Crippen LogP contribution in [0.25, 0.3) is 0 Å². The van der Waals surface area contributed by atoms with Crippen molar-refractivity contribution in [2.45, 2.75) is 26.2 Å². The fraction of sp³-hybridized carbons (Fsp3) is 0.600. The predicted molar refractivity (Wildman–Crippen MR) is 65.2 cm³/mol. The summed E-state index contributed by atoms with van der Waals surface area (Å²) >= 11 is 2.21. The van der Waals surface area contributed by atoms with Crippen LogP contribution < -0.4 is 5.32 Å². The van der Waals surface area contributed by atoms with Crippen LogP contribution in [-0.4, -0.2) is 16.5 Å². The highest BCUT2D eigenvalue weighted by atomic mass is 127. The second-order valence-electron chi connectivity index (χ2n) is 4.24. The predicted octanol–water partition coefficient (Wildman–Crippen LogP) is 2.68. The second kappa shape index (κ2) is 4.00. The lowest BCUT2D eigenvalue weighted by Crippen LogP contribution is -2.33. The average molecular weight is 303 g/mol. The zero-order valence-electron chi connectivity index (χ0n) is 8.26. The van der Waals surface area contributed by atoms with E-state index in [1.165, 1.54) is 19.3 Å². The van der Waals surface area contributed by atoms with Crippen LogP contribution >= 0.6 is 22.6 Å². The Bertz CT molecular complexity index is 306. The first-order valence-electron chi connectivity index (χ1n) is 4.89. The summed E-state index contributed by atoms with van der Waals surface area (Å²) in [5, 5.41) is 3.29. The van der Waals surface area contributed by atoms with Crippen LogP contribution in [0.3, 0.4) is 0 Å². The number of halogens is 1. The van der Waals surface area contributed by atoms with Gasteiger partial charge in [0.25, 0.3) is 0 Å². The van der Waals surface area contributed by atoms with E-state index in [4.69, 9.17) is 0 Å². The number of nitrogens with zero attached hydrogens (tertiary/aromatic N) is 2. The molecule has 1 heterocycles. The molecule has 14 heavy (non-hydrogen) atoms. The molecule has 1 N–H and O–H groups in total. The van der Waals surface area contributed by atoms with Gasteiger partial charge < -0.3 is 5.32 Å². The number of hydrogen-bond donors (Lipinski definition) is 1. The van der Waals surface area contributed by atoms with Gasteiger partial charge in [0.05, 0.1) is 0 Å². The van der Waals surface area contributed by atoms with Crippen LogP contribution in [0, 0.1) is 8.99 Å². The summed E-state index contributed by atoms with van der Waals surface area (Å²) < 4.78 is 1.07. The maximum atomic E-state index is 4.21. The summed E-state index contributed by atoms with van der Waals surface area (Å²) in [6, 6.07) is 0. The standard InChI is InChI=1S/C10H14IN3/c1-10(3-2-4-10)7-14-9-12-5-8(11)6-13-9/h5-6H,2-4,7H2,1H3,(H,12,13,14). The molecule has 1 saturated carbocycles. The van der Waals surface area contributed by atoms with Gasteiger partial charge in [0, 0.05) is 22.5 Å².